The van der Waals surface area contributed by atoms with Crippen LogP contribution in [0.25, 0.3) is 0 Å². The first-order valence-electron chi connectivity index (χ1n) is 14.4. The summed E-state index contributed by atoms with van der Waals surface area (Å²) in [7, 11) is 0. The van der Waals surface area contributed by atoms with Crippen molar-refractivity contribution in [2.75, 3.05) is 0 Å². The number of aliphatic hydroxyl groups excluding tert-OH is 3. The molecule has 5 rings (SSSR count). The molecule has 4 aliphatic rings. The average molecular weight is 501 g/mol. The van der Waals surface area contributed by atoms with Crippen molar-refractivity contribution in [2.45, 2.75) is 103 Å². The van der Waals surface area contributed by atoms with E-state index in [1.54, 1.807) is 18.2 Å². The summed E-state index contributed by atoms with van der Waals surface area (Å²) in [6.07, 6.45) is 6.54. The van der Waals surface area contributed by atoms with E-state index in [1.807, 2.05) is 0 Å². The molecule has 0 bridgehead atoms. The molecule has 1 aromatic rings. The molecule has 0 spiro atoms. The smallest absolute Gasteiger partial charge is 0.136 e. The van der Waals surface area contributed by atoms with E-state index in [0.29, 0.717) is 54.3 Å². The first-order chi connectivity index (χ1) is 17.1. The number of rotatable bonds is 6. The van der Waals surface area contributed by atoms with Crippen LogP contribution in [0, 0.1) is 52.2 Å². The van der Waals surface area contributed by atoms with E-state index in [9.17, 15) is 24.5 Å². The van der Waals surface area contributed by atoms with Gasteiger partial charge in [-0.05, 0) is 91.4 Å². The minimum atomic E-state index is -0.780. The second-order valence-electron chi connectivity index (χ2n) is 13.3. The van der Waals surface area contributed by atoms with Gasteiger partial charge in [0.1, 0.15) is 11.6 Å². The van der Waals surface area contributed by atoms with Crippen molar-refractivity contribution in [3.8, 4) is 0 Å². The monoisotopic (exact) mass is 500 g/mol. The van der Waals surface area contributed by atoms with Crippen LogP contribution in [-0.2, 0) is 4.79 Å². The van der Waals surface area contributed by atoms with E-state index < -0.39 is 18.3 Å². The summed E-state index contributed by atoms with van der Waals surface area (Å²) in [5.41, 5.74) is 0.473. The lowest BCUT2D eigenvalue weighted by Crippen LogP contribution is -2.61. The maximum Gasteiger partial charge on any atom is 0.136 e. The highest BCUT2D eigenvalue weighted by atomic mass is 19.1. The Bertz CT molecular complexity index is 966. The summed E-state index contributed by atoms with van der Waals surface area (Å²) in [6, 6.07) is 6.49. The van der Waals surface area contributed by atoms with Crippen LogP contribution < -0.4 is 0 Å². The number of aliphatic hydroxyl groups is 3. The fourth-order valence-electron chi connectivity index (χ4n) is 9.68. The van der Waals surface area contributed by atoms with Crippen molar-refractivity contribution >= 4 is 5.78 Å². The molecular formula is C31H45FO4. The van der Waals surface area contributed by atoms with Gasteiger partial charge in [0, 0.05) is 17.9 Å². The zero-order valence-corrected chi connectivity index (χ0v) is 22.2. The molecule has 4 aliphatic carbocycles. The van der Waals surface area contributed by atoms with Gasteiger partial charge in [0.2, 0.25) is 0 Å². The lowest BCUT2D eigenvalue weighted by molar-refractivity contribution is -0.182. The van der Waals surface area contributed by atoms with Gasteiger partial charge in [0.25, 0.3) is 0 Å². The normalized spacial score (nSPS) is 43.9. The fraction of sp³-hybridized carbons (Fsp3) is 0.774. The molecule has 4 saturated carbocycles. The molecule has 1 aromatic carbocycles. The van der Waals surface area contributed by atoms with E-state index in [1.165, 1.54) is 6.07 Å². The van der Waals surface area contributed by atoms with Crippen LogP contribution in [0.1, 0.15) is 96.6 Å². The van der Waals surface area contributed by atoms with Gasteiger partial charge in [-0.2, -0.15) is 0 Å². The van der Waals surface area contributed by atoms with Gasteiger partial charge in [-0.15, -0.1) is 0 Å². The number of halogens is 1. The van der Waals surface area contributed by atoms with Gasteiger partial charge in [0.05, 0.1) is 18.3 Å². The van der Waals surface area contributed by atoms with Crippen LogP contribution in [0.15, 0.2) is 24.3 Å². The largest absolute Gasteiger partial charge is 0.390 e. The maximum atomic E-state index is 14.0. The molecule has 0 amide bonds. The number of ketones is 1. The molecule has 11 atom stereocenters. The van der Waals surface area contributed by atoms with Crippen LogP contribution in [-0.4, -0.2) is 33.3 Å². The molecule has 0 aromatic heterocycles. The molecule has 36 heavy (non-hydrogen) atoms. The number of carbonyl (C=O) groups excluding carboxylic acids is 1. The topological polar surface area (TPSA) is 77.8 Å². The Hall–Kier alpha value is -1.30. The number of hydrogen-bond donors (Lipinski definition) is 3. The predicted molar refractivity (Wildman–Crippen MR) is 137 cm³/mol. The second-order valence-corrected chi connectivity index (χ2v) is 13.3. The SMILES string of the molecule is CC(CCCC(O)c1ccccc1F)[C@H]1CC[C@H]2[C@@H]3C(=O)C[C@H]4[C@@H](O)[C@@H](O)CC[C@]4(C)[C@H]3CC[C@]12C. The number of carbonyl (C=O) groups is 1. The van der Waals surface area contributed by atoms with E-state index >= 15 is 0 Å². The van der Waals surface area contributed by atoms with Crippen molar-refractivity contribution in [3.05, 3.63) is 35.6 Å². The Morgan fingerprint density at radius 3 is 2.42 bits per heavy atom. The summed E-state index contributed by atoms with van der Waals surface area (Å²) in [4.78, 5) is 13.6. The van der Waals surface area contributed by atoms with Crippen LogP contribution in [0.2, 0.25) is 0 Å². The van der Waals surface area contributed by atoms with Gasteiger partial charge >= 0.3 is 0 Å². The highest BCUT2D eigenvalue weighted by molar-refractivity contribution is 5.83. The average Bonchev–Trinajstić information content (AvgIpc) is 3.20. The van der Waals surface area contributed by atoms with Crippen LogP contribution in [0.4, 0.5) is 4.39 Å². The molecule has 2 unspecified atom stereocenters. The van der Waals surface area contributed by atoms with Gasteiger partial charge in [-0.1, -0.05) is 51.8 Å². The maximum absolute atomic E-state index is 14.0. The fourth-order valence-corrected chi connectivity index (χ4v) is 9.68. The Kier molecular flexibility index (Phi) is 7.15. The summed E-state index contributed by atoms with van der Waals surface area (Å²) in [5, 5.41) is 31.6. The zero-order chi connectivity index (χ0) is 25.8. The van der Waals surface area contributed by atoms with E-state index in [4.69, 9.17) is 0 Å². The number of hydrogen-bond acceptors (Lipinski definition) is 4. The number of fused-ring (bicyclic) bond motifs is 5. The second kappa shape index (κ2) is 9.78. The predicted octanol–water partition coefficient (Wildman–Crippen LogP) is 5.84. The first-order valence-corrected chi connectivity index (χ1v) is 14.4. The minimum absolute atomic E-state index is 0.0644. The van der Waals surface area contributed by atoms with Gasteiger partial charge in [0.15, 0.2) is 0 Å². The lowest BCUT2D eigenvalue weighted by Gasteiger charge is -2.61. The van der Waals surface area contributed by atoms with Crippen LogP contribution >= 0.6 is 0 Å². The van der Waals surface area contributed by atoms with Crippen LogP contribution in [0.5, 0.6) is 0 Å². The zero-order valence-electron chi connectivity index (χ0n) is 22.2. The van der Waals surface area contributed by atoms with E-state index in [2.05, 4.69) is 20.8 Å². The lowest BCUT2D eigenvalue weighted by atomic mass is 9.43. The van der Waals surface area contributed by atoms with E-state index in [-0.39, 0.29) is 28.5 Å². The van der Waals surface area contributed by atoms with Gasteiger partial charge in [-0.25, -0.2) is 4.39 Å². The number of Topliss-reactive ketones (excluding diaryl/α,β-unsaturated/α-hetero) is 1. The minimum Gasteiger partial charge on any atom is -0.390 e. The quantitative estimate of drug-likeness (QED) is 0.459. The summed E-state index contributed by atoms with van der Waals surface area (Å²) >= 11 is 0. The Balaban J connectivity index is 1.25. The molecule has 0 aliphatic heterocycles. The highest BCUT2D eigenvalue weighted by Gasteiger charge is 2.64. The molecule has 3 N–H and O–H groups in total. The Morgan fingerprint density at radius 1 is 0.972 bits per heavy atom. The molecule has 200 valence electrons. The third-order valence-corrected chi connectivity index (χ3v) is 11.7. The van der Waals surface area contributed by atoms with Crippen molar-refractivity contribution in [1.82, 2.24) is 0 Å². The third kappa shape index (κ3) is 4.18. The Labute approximate surface area is 215 Å². The Morgan fingerprint density at radius 2 is 1.67 bits per heavy atom. The number of benzene rings is 1. The molecule has 5 heteroatoms. The summed E-state index contributed by atoms with van der Waals surface area (Å²) < 4.78 is 14.0. The van der Waals surface area contributed by atoms with Crippen molar-refractivity contribution in [1.29, 1.82) is 0 Å². The third-order valence-electron chi connectivity index (χ3n) is 11.7. The molecule has 4 fully saturated rings. The van der Waals surface area contributed by atoms with Gasteiger partial charge in [-0.3, -0.25) is 4.79 Å². The molecule has 0 heterocycles. The molecule has 4 nitrogen and oxygen atoms in total. The summed E-state index contributed by atoms with van der Waals surface area (Å²) in [5.74, 6) is 1.74. The van der Waals surface area contributed by atoms with Crippen molar-refractivity contribution in [2.24, 2.45) is 46.3 Å². The van der Waals surface area contributed by atoms with Crippen molar-refractivity contribution in [3.63, 3.8) is 0 Å². The molecule has 0 radical (unpaired) electrons. The highest BCUT2D eigenvalue weighted by Crippen LogP contribution is 2.67. The first kappa shape index (κ1) is 26.3. The van der Waals surface area contributed by atoms with Crippen LogP contribution in [0.3, 0.4) is 0 Å². The standard InChI is InChI=1S/C31H45FO4/c1-18(7-6-10-25(33)19-8-4-5-9-24(19)32)20-11-12-21-28-22(13-15-30(20,21)2)31(3)16-14-26(34)29(36)23(31)17-27(28)35/h4-5,8-9,18,20-23,25-26,28-29,33-34,36H,6-7,10-17H2,1-3H3/t18?,20-,21+,22+,23+,25?,26+,28+,29-,30-,31-/m1/s1. The van der Waals surface area contributed by atoms with E-state index in [0.717, 1.165) is 44.9 Å². The molecule has 0 saturated heterocycles. The van der Waals surface area contributed by atoms with Gasteiger partial charge < -0.3 is 15.3 Å². The molecular weight excluding hydrogens is 455 g/mol. The summed E-state index contributed by atoms with van der Waals surface area (Å²) in [6.45, 7) is 7.05. The van der Waals surface area contributed by atoms with Crippen molar-refractivity contribution < 1.29 is 24.5 Å².